The molecule has 5 nitrogen and oxygen atoms in total. The average molecular weight is 291 g/mol. The Morgan fingerprint density at radius 1 is 1.33 bits per heavy atom. The van der Waals surface area contributed by atoms with E-state index in [0.717, 1.165) is 23.3 Å². The van der Waals surface area contributed by atoms with Gasteiger partial charge in [-0.05, 0) is 43.0 Å². The molecule has 0 saturated carbocycles. The summed E-state index contributed by atoms with van der Waals surface area (Å²) < 4.78 is 5.73. The van der Waals surface area contributed by atoms with Gasteiger partial charge in [-0.2, -0.15) is 0 Å². The molecular weight excluding hydrogens is 270 g/mol. The molecule has 1 unspecified atom stereocenters. The third kappa shape index (κ3) is 3.35. The highest BCUT2D eigenvalue weighted by Gasteiger charge is 2.33. The van der Waals surface area contributed by atoms with Gasteiger partial charge in [-0.1, -0.05) is 13.0 Å². The van der Waals surface area contributed by atoms with Crippen molar-refractivity contribution in [2.45, 2.75) is 39.7 Å². The van der Waals surface area contributed by atoms with Crippen LogP contribution >= 0.6 is 0 Å². The number of carbonyl (C=O) groups excluding carboxylic acids is 1. The van der Waals surface area contributed by atoms with E-state index in [-0.39, 0.29) is 12.5 Å². The van der Waals surface area contributed by atoms with Crippen LogP contribution in [0.5, 0.6) is 5.75 Å². The van der Waals surface area contributed by atoms with Gasteiger partial charge in [-0.3, -0.25) is 9.59 Å². The molecule has 0 aliphatic carbocycles. The van der Waals surface area contributed by atoms with E-state index in [0.29, 0.717) is 13.0 Å². The lowest BCUT2D eigenvalue weighted by Crippen LogP contribution is -2.44. The first-order valence-corrected chi connectivity index (χ1v) is 7.19. The lowest BCUT2D eigenvalue weighted by atomic mass is 10.0. The summed E-state index contributed by atoms with van der Waals surface area (Å²) in [5, 5.41) is 8.91. The van der Waals surface area contributed by atoms with Crippen molar-refractivity contribution in [1.29, 1.82) is 0 Å². The van der Waals surface area contributed by atoms with Crippen molar-refractivity contribution in [1.82, 2.24) is 4.90 Å². The summed E-state index contributed by atoms with van der Waals surface area (Å²) in [7, 11) is 0. The maximum Gasteiger partial charge on any atom is 0.323 e. The van der Waals surface area contributed by atoms with Gasteiger partial charge in [0.05, 0.1) is 0 Å². The fraction of sp³-hybridized carbons (Fsp3) is 0.500. The van der Waals surface area contributed by atoms with E-state index in [1.807, 2.05) is 32.9 Å². The highest BCUT2D eigenvalue weighted by molar-refractivity contribution is 5.86. The molecule has 114 valence electrons. The molecule has 0 fully saturated rings. The van der Waals surface area contributed by atoms with E-state index in [1.165, 1.54) is 10.5 Å². The van der Waals surface area contributed by atoms with Gasteiger partial charge in [0.1, 0.15) is 12.3 Å². The number of carboxylic acid groups (broad SMARTS) is 1. The second-order valence-electron chi connectivity index (χ2n) is 5.51. The Bertz CT molecular complexity index is 537. The molecule has 0 aromatic heterocycles. The molecule has 2 rings (SSSR count). The zero-order valence-corrected chi connectivity index (χ0v) is 12.7. The number of ether oxygens (including phenoxy) is 1. The van der Waals surface area contributed by atoms with Crippen molar-refractivity contribution in [3.8, 4) is 5.75 Å². The Balaban J connectivity index is 2.13. The maximum absolute atomic E-state index is 12.4. The molecule has 0 radical (unpaired) electrons. The minimum Gasteiger partial charge on any atom is -0.480 e. The highest BCUT2D eigenvalue weighted by Crippen LogP contribution is 2.32. The predicted octanol–water partition coefficient (Wildman–Crippen LogP) is 1.93. The smallest absolute Gasteiger partial charge is 0.323 e. The predicted molar refractivity (Wildman–Crippen MR) is 78.5 cm³/mol. The number of aryl methyl sites for hydroxylation is 2. The number of hydrogen-bond donors (Lipinski definition) is 1. The van der Waals surface area contributed by atoms with Gasteiger partial charge >= 0.3 is 5.97 Å². The summed E-state index contributed by atoms with van der Waals surface area (Å²) in [6, 6.07) is 3.98. The van der Waals surface area contributed by atoms with Crippen LogP contribution < -0.4 is 4.74 Å². The summed E-state index contributed by atoms with van der Waals surface area (Å²) in [6.45, 7) is 6.10. The fourth-order valence-corrected chi connectivity index (χ4v) is 2.56. The zero-order chi connectivity index (χ0) is 15.6. The summed E-state index contributed by atoms with van der Waals surface area (Å²) >= 11 is 0. The number of rotatable bonds is 5. The molecule has 0 saturated heterocycles. The molecule has 1 heterocycles. The molecular formula is C16H21NO4. The van der Waals surface area contributed by atoms with Crippen LogP contribution in [-0.2, 0) is 16.0 Å². The largest absolute Gasteiger partial charge is 0.480 e. The van der Waals surface area contributed by atoms with E-state index < -0.39 is 12.1 Å². The van der Waals surface area contributed by atoms with Gasteiger partial charge in [-0.15, -0.1) is 0 Å². The van der Waals surface area contributed by atoms with Crippen LogP contribution in [0.1, 0.15) is 30.0 Å². The maximum atomic E-state index is 12.4. The number of carbonyl (C=O) groups is 2. The number of carboxylic acids is 1. The van der Waals surface area contributed by atoms with Crippen LogP contribution in [0.3, 0.4) is 0 Å². The molecule has 0 spiro atoms. The lowest BCUT2D eigenvalue weighted by molar-refractivity contribution is -0.147. The Morgan fingerprint density at radius 3 is 2.62 bits per heavy atom. The SMILES string of the molecule is CCCN(CC(=O)O)C(=O)C1Cc2cc(C)c(C)cc2O1. The van der Waals surface area contributed by atoms with Gasteiger partial charge in [0, 0.05) is 13.0 Å². The van der Waals surface area contributed by atoms with Crippen LogP contribution in [0.4, 0.5) is 0 Å². The number of nitrogens with zero attached hydrogens (tertiary/aromatic N) is 1. The average Bonchev–Trinajstić information content (AvgIpc) is 2.80. The Hall–Kier alpha value is -2.04. The molecule has 1 amide bonds. The first-order valence-electron chi connectivity index (χ1n) is 7.19. The lowest BCUT2D eigenvalue weighted by Gasteiger charge is -2.23. The highest BCUT2D eigenvalue weighted by atomic mass is 16.5. The second kappa shape index (κ2) is 6.16. The molecule has 1 N–H and O–H groups in total. The van der Waals surface area contributed by atoms with Gasteiger partial charge in [-0.25, -0.2) is 0 Å². The van der Waals surface area contributed by atoms with E-state index in [2.05, 4.69) is 0 Å². The third-order valence-corrected chi connectivity index (χ3v) is 3.76. The van der Waals surface area contributed by atoms with E-state index in [1.54, 1.807) is 0 Å². The Labute approximate surface area is 124 Å². The second-order valence-corrected chi connectivity index (χ2v) is 5.51. The van der Waals surface area contributed by atoms with Gasteiger partial charge < -0.3 is 14.7 Å². The summed E-state index contributed by atoms with van der Waals surface area (Å²) in [4.78, 5) is 24.7. The molecule has 5 heteroatoms. The van der Waals surface area contributed by atoms with Gasteiger partial charge in [0.15, 0.2) is 6.10 Å². The quantitative estimate of drug-likeness (QED) is 0.900. The van der Waals surface area contributed by atoms with Crippen molar-refractivity contribution in [2.24, 2.45) is 0 Å². The molecule has 21 heavy (non-hydrogen) atoms. The Morgan fingerprint density at radius 2 is 2.00 bits per heavy atom. The number of fused-ring (bicyclic) bond motifs is 1. The van der Waals surface area contributed by atoms with Crippen LogP contribution in [0, 0.1) is 13.8 Å². The first-order chi connectivity index (χ1) is 9.92. The number of amides is 1. The van der Waals surface area contributed by atoms with Crippen LogP contribution in [-0.4, -0.2) is 41.1 Å². The molecule has 1 aliphatic heterocycles. The zero-order valence-electron chi connectivity index (χ0n) is 12.7. The van der Waals surface area contributed by atoms with E-state index in [4.69, 9.17) is 9.84 Å². The molecule has 1 aliphatic rings. The van der Waals surface area contributed by atoms with Crippen molar-refractivity contribution in [2.75, 3.05) is 13.1 Å². The van der Waals surface area contributed by atoms with Crippen molar-refractivity contribution >= 4 is 11.9 Å². The minimum absolute atomic E-state index is 0.245. The number of aliphatic carboxylic acids is 1. The molecule has 0 bridgehead atoms. The summed E-state index contributed by atoms with van der Waals surface area (Å²) in [5.74, 6) is -0.507. The van der Waals surface area contributed by atoms with E-state index in [9.17, 15) is 9.59 Å². The van der Waals surface area contributed by atoms with Crippen molar-refractivity contribution < 1.29 is 19.4 Å². The first kappa shape index (κ1) is 15.4. The van der Waals surface area contributed by atoms with E-state index >= 15 is 0 Å². The summed E-state index contributed by atoms with van der Waals surface area (Å²) in [5.41, 5.74) is 3.31. The third-order valence-electron chi connectivity index (χ3n) is 3.76. The monoisotopic (exact) mass is 291 g/mol. The van der Waals surface area contributed by atoms with Crippen molar-refractivity contribution in [3.05, 3.63) is 28.8 Å². The van der Waals surface area contributed by atoms with Gasteiger partial charge in [0.25, 0.3) is 5.91 Å². The molecule has 1 aromatic rings. The minimum atomic E-state index is -1.00. The molecule has 1 atom stereocenters. The normalized spacial score (nSPS) is 16.2. The van der Waals surface area contributed by atoms with Crippen LogP contribution in [0.25, 0.3) is 0 Å². The molecule has 1 aromatic carbocycles. The topological polar surface area (TPSA) is 66.8 Å². The number of benzene rings is 1. The fourth-order valence-electron chi connectivity index (χ4n) is 2.56. The Kier molecular flexibility index (Phi) is 4.50. The summed E-state index contributed by atoms with van der Waals surface area (Å²) in [6.07, 6.45) is 0.624. The number of hydrogen-bond acceptors (Lipinski definition) is 3. The van der Waals surface area contributed by atoms with Crippen LogP contribution in [0.2, 0.25) is 0 Å². The van der Waals surface area contributed by atoms with Crippen molar-refractivity contribution in [3.63, 3.8) is 0 Å². The van der Waals surface area contributed by atoms with Gasteiger partial charge in [0.2, 0.25) is 0 Å². The standard InChI is InChI=1S/C16H21NO4/c1-4-5-17(9-15(18)19)16(20)14-8-12-6-10(2)11(3)7-13(12)21-14/h6-7,14H,4-5,8-9H2,1-3H3,(H,18,19). The van der Waals surface area contributed by atoms with Crippen LogP contribution in [0.15, 0.2) is 12.1 Å².